The molecule has 0 aliphatic rings. The van der Waals surface area contributed by atoms with E-state index in [1.54, 1.807) is 38.1 Å². The van der Waals surface area contributed by atoms with Crippen molar-refractivity contribution < 1.29 is 32.7 Å². The molecular weight excluding hydrogens is 427 g/mol. The Balaban J connectivity index is 2.67. The Bertz CT molecular complexity index is 943. The van der Waals surface area contributed by atoms with E-state index in [1.165, 1.54) is 33.5 Å². The first-order chi connectivity index (χ1) is 14.8. The molecule has 0 aliphatic heterocycles. The average molecular weight is 454 g/mol. The fourth-order valence-corrected chi connectivity index (χ4v) is 4.92. The summed E-state index contributed by atoms with van der Waals surface area (Å²) >= 11 is 0. The minimum atomic E-state index is -3.84. The molecule has 0 saturated carbocycles. The van der Waals surface area contributed by atoms with E-state index in [0.717, 1.165) is 0 Å². The molecule has 0 spiro atoms. The van der Waals surface area contributed by atoms with Crippen LogP contribution in [0.25, 0.3) is 0 Å². The lowest BCUT2D eigenvalue weighted by atomic mass is 10.1. The van der Waals surface area contributed by atoms with Crippen molar-refractivity contribution in [1.29, 1.82) is 0 Å². The summed E-state index contributed by atoms with van der Waals surface area (Å²) in [6.45, 7) is 3.59. The highest BCUT2D eigenvalue weighted by Crippen LogP contribution is 2.62. The van der Waals surface area contributed by atoms with Crippen LogP contribution >= 0.6 is 7.60 Å². The second kappa shape index (κ2) is 11.0. The van der Waals surface area contributed by atoms with Gasteiger partial charge < -0.3 is 28.6 Å². The zero-order valence-corrected chi connectivity index (χ0v) is 19.0. The predicted octanol–water partition coefficient (Wildman–Crippen LogP) is 5.00. The molecule has 0 radical (unpaired) electrons. The van der Waals surface area contributed by atoms with Crippen LogP contribution in [0.15, 0.2) is 36.4 Å². The van der Waals surface area contributed by atoms with Crippen LogP contribution in [0.2, 0.25) is 0 Å². The highest BCUT2D eigenvalue weighted by atomic mass is 31.2. The summed E-state index contributed by atoms with van der Waals surface area (Å²) in [7, 11) is 0.543. The van der Waals surface area contributed by atoms with Crippen LogP contribution < -0.4 is 19.5 Å². The fourth-order valence-electron chi connectivity index (χ4n) is 2.98. The molecule has 2 rings (SSSR count). The van der Waals surface area contributed by atoms with Crippen LogP contribution in [-0.2, 0) is 13.6 Å². The quantitative estimate of drug-likeness (QED) is 0.268. The fraction of sp³-hybridized carbons (Fsp3) is 0.400. The first kappa shape index (κ1) is 24.5. The smallest absolute Gasteiger partial charge is 0.357 e. The maximum atomic E-state index is 13.8. The van der Waals surface area contributed by atoms with Crippen molar-refractivity contribution in [2.24, 2.45) is 0 Å². The maximum Gasteiger partial charge on any atom is 0.357 e. The van der Waals surface area contributed by atoms with Crippen LogP contribution in [0.5, 0.6) is 17.2 Å². The molecule has 1 N–H and O–H groups in total. The van der Waals surface area contributed by atoms with Gasteiger partial charge in [0.15, 0.2) is 5.78 Å². The van der Waals surface area contributed by atoms with Crippen LogP contribution in [0.3, 0.4) is 0 Å². The zero-order chi connectivity index (χ0) is 23.0. The summed E-state index contributed by atoms with van der Waals surface area (Å²) in [5.41, 5.74) is 0.295. The minimum Gasteiger partial charge on any atom is -0.497 e. The number of nitro groups is 1. The molecule has 170 valence electrons. The van der Waals surface area contributed by atoms with Crippen molar-refractivity contribution in [3.8, 4) is 17.2 Å². The molecule has 0 heterocycles. The summed E-state index contributed by atoms with van der Waals surface area (Å²) in [6.07, 6.45) is 0. The molecular formula is C20H27N2O8P. The molecule has 0 saturated heterocycles. The third-order valence-corrected chi connectivity index (χ3v) is 6.64. The second-order valence-electron chi connectivity index (χ2n) is 6.17. The van der Waals surface area contributed by atoms with E-state index in [0.29, 0.717) is 22.8 Å². The molecule has 0 fully saturated rings. The maximum absolute atomic E-state index is 13.8. The lowest BCUT2D eigenvalue weighted by Crippen LogP contribution is -2.17. The molecule has 11 heteroatoms. The van der Waals surface area contributed by atoms with E-state index in [9.17, 15) is 14.7 Å². The van der Waals surface area contributed by atoms with Gasteiger partial charge in [0, 0.05) is 11.6 Å². The van der Waals surface area contributed by atoms with Gasteiger partial charge in [-0.25, -0.2) is 0 Å². The van der Waals surface area contributed by atoms with Gasteiger partial charge in [0.1, 0.15) is 22.9 Å². The summed E-state index contributed by atoms with van der Waals surface area (Å²) in [4.78, 5) is 11.1. The van der Waals surface area contributed by atoms with Gasteiger partial charge in [-0.1, -0.05) is 0 Å². The Labute approximate surface area is 181 Å². The summed E-state index contributed by atoms with van der Waals surface area (Å²) in [5, 5.41) is 14.6. The van der Waals surface area contributed by atoms with Crippen LogP contribution in [0.1, 0.15) is 25.2 Å². The highest BCUT2D eigenvalue weighted by molar-refractivity contribution is 7.54. The monoisotopic (exact) mass is 454 g/mol. The van der Waals surface area contributed by atoms with E-state index < -0.39 is 18.3 Å². The van der Waals surface area contributed by atoms with Gasteiger partial charge in [-0.15, -0.1) is 0 Å². The van der Waals surface area contributed by atoms with Crippen molar-refractivity contribution in [1.82, 2.24) is 0 Å². The van der Waals surface area contributed by atoms with Gasteiger partial charge in [-0.05, 0) is 38.1 Å². The molecule has 1 unspecified atom stereocenters. The van der Waals surface area contributed by atoms with Crippen molar-refractivity contribution >= 4 is 19.0 Å². The standard InChI is InChI=1S/C20H27N2O8P/c1-6-29-31(25,30-7-2)20(16-10-8-15(27-4)13-19(16)28-5)21-17-11-9-14(26-3)12-18(17)22(23)24/h8-13,20-21H,6-7H2,1-5H3. The molecule has 1 atom stereocenters. The van der Waals surface area contributed by atoms with Crippen LogP contribution in [-0.4, -0.2) is 39.5 Å². The molecule has 0 bridgehead atoms. The van der Waals surface area contributed by atoms with E-state index in [-0.39, 0.29) is 24.6 Å². The van der Waals surface area contributed by atoms with Gasteiger partial charge in [0.2, 0.25) is 0 Å². The van der Waals surface area contributed by atoms with Gasteiger partial charge in [0.05, 0.1) is 45.5 Å². The number of hydrogen-bond donors (Lipinski definition) is 1. The van der Waals surface area contributed by atoms with E-state index in [1.807, 2.05) is 0 Å². The summed E-state index contributed by atoms with van der Waals surface area (Å²) in [5.74, 6) is 0.0963. The van der Waals surface area contributed by atoms with Crippen molar-refractivity contribution in [2.45, 2.75) is 19.6 Å². The number of methoxy groups -OCH3 is 3. The van der Waals surface area contributed by atoms with E-state index in [2.05, 4.69) is 5.32 Å². The third kappa shape index (κ3) is 5.66. The Morgan fingerprint density at radius 1 is 0.968 bits per heavy atom. The normalized spacial score (nSPS) is 12.2. The Morgan fingerprint density at radius 3 is 2.06 bits per heavy atom. The summed E-state index contributed by atoms with van der Waals surface area (Å²) < 4.78 is 40.6. The molecule has 2 aromatic carbocycles. The van der Waals surface area contributed by atoms with E-state index >= 15 is 0 Å². The zero-order valence-electron chi connectivity index (χ0n) is 18.1. The first-order valence-electron chi connectivity index (χ1n) is 9.53. The largest absolute Gasteiger partial charge is 0.497 e. The minimum absolute atomic E-state index is 0.110. The number of nitro benzene ring substituents is 1. The lowest BCUT2D eigenvalue weighted by molar-refractivity contribution is -0.384. The van der Waals surface area contributed by atoms with Crippen molar-refractivity contribution in [3.05, 3.63) is 52.1 Å². The number of hydrogen-bond acceptors (Lipinski definition) is 9. The summed E-state index contributed by atoms with van der Waals surface area (Å²) in [6, 6.07) is 9.24. The van der Waals surface area contributed by atoms with Gasteiger partial charge in [-0.3, -0.25) is 14.7 Å². The number of nitrogens with zero attached hydrogens (tertiary/aromatic N) is 1. The first-order valence-corrected chi connectivity index (χ1v) is 11.1. The van der Waals surface area contributed by atoms with Gasteiger partial charge >= 0.3 is 7.60 Å². The van der Waals surface area contributed by atoms with Crippen molar-refractivity contribution in [3.63, 3.8) is 0 Å². The number of anilines is 1. The molecule has 0 aromatic heterocycles. The third-order valence-electron chi connectivity index (χ3n) is 4.36. The highest BCUT2D eigenvalue weighted by Gasteiger charge is 2.40. The Morgan fingerprint density at radius 2 is 1.55 bits per heavy atom. The molecule has 0 amide bonds. The molecule has 2 aromatic rings. The second-order valence-corrected chi connectivity index (χ2v) is 8.28. The average Bonchev–Trinajstić information content (AvgIpc) is 2.77. The number of nitrogens with one attached hydrogen (secondary N) is 1. The van der Waals surface area contributed by atoms with Gasteiger partial charge in [0.25, 0.3) is 5.69 Å². The topological polar surface area (TPSA) is 118 Å². The van der Waals surface area contributed by atoms with Crippen molar-refractivity contribution in [2.75, 3.05) is 39.9 Å². The number of ether oxygens (including phenoxy) is 3. The van der Waals surface area contributed by atoms with Crippen LogP contribution in [0, 0.1) is 10.1 Å². The number of rotatable bonds is 12. The van der Waals surface area contributed by atoms with Crippen LogP contribution in [0.4, 0.5) is 11.4 Å². The lowest BCUT2D eigenvalue weighted by Gasteiger charge is -2.29. The predicted molar refractivity (Wildman–Crippen MR) is 116 cm³/mol. The Hall–Kier alpha value is -2.81. The molecule has 10 nitrogen and oxygen atoms in total. The van der Waals surface area contributed by atoms with E-state index in [4.69, 9.17) is 23.3 Å². The number of benzene rings is 2. The molecule has 31 heavy (non-hydrogen) atoms. The van der Waals surface area contributed by atoms with Gasteiger partial charge in [-0.2, -0.15) is 0 Å². The Kier molecular flexibility index (Phi) is 8.67. The molecule has 0 aliphatic carbocycles. The SMILES string of the molecule is CCOP(=O)(OCC)C(Nc1ccc(OC)cc1[N+](=O)[O-])c1ccc(OC)cc1OC.